The maximum Gasteiger partial charge on any atom is 0.311 e. The summed E-state index contributed by atoms with van der Waals surface area (Å²) in [5.74, 6) is 0.564. The highest BCUT2D eigenvalue weighted by Gasteiger charge is 2.14. The Morgan fingerprint density at radius 1 is 1.47 bits per heavy atom. The van der Waals surface area contributed by atoms with E-state index in [2.05, 4.69) is 20.2 Å². The van der Waals surface area contributed by atoms with Crippen LogP contribution >= 0.6 is 11.8 Å². The second kappa shape index (κ2) is 4.37. The molecule has 2 aromatic rings. The minimum Gasteiger partial charge on any atom is -0.378 e. The fraction of sp³-hybridized carbons (Fsp3) is 0.125. The molecule has 0 aromatic carbocycles. The van der Waals surface area contributed by atoms with Crippen molar-refractivity contribution >= 4 is 23.3 Å². The standard InChI is InChI=1S/C8H8N6O2S/c1-4-10-8(13-12-4)17-6-3-2-5(14(15)16)7(9)11-6/h2-3H,1H3,(H2,9,11)(H,10,12,13). The van der Waals surface area contributed by atoms with Crippen molar-refractivity contribution in [1.82, 2.24) is 20.2 Å². The number of anilines is 1. The molecule has 2 rings (SSSR count). The van der Waals surface area contributed by atoms with E-state index in [9.17, 15) is 10.1 Å². The largest absolute Gasteiger partial charge is 0.378 e. The third-order valence-corrected chi connectivity index (χ3v) is 2.65. The van der Waals surface area contributed by atoms with E-state index in [4.69, 9.17) is 5.73 Å². The van der Waals surface area contributed by atoms with Crippen molar-refractivity contribution in [3.63, 3.8) is 0 Å². The number of nitro groups is 1. The summed E-state index contributed by atoms with van der Waals surface area (Å²) in [7, 11) is 0. The molecule has 0 amide bonds. The molecule has 9 heteroatoms. The van der Waals surface area contributed by atoms with Crippen molar-refractivity contribution in [2.24, 2.45) is 0 Å². The fourth-order valence-corrected chi connectivity index (χ4v) is 1.86. The number of nitrogens with zero attached hydrogens (tertiary/aromatic N) is 4. The molecule has 0 saturated carbocycles. The van der Waals surface area contributed by atoms with Gasteiger partial charge in [-0.3, -0.25) is 15.2 Å². The lowest BCUT2D eigenvalue weighted by Gasteiger charge is -1.99. The van der Waals surface area contributed by atoms with Crippen LogP contribution in [0.15, 0.2) is 22.3 Å². The van der Waals surface area contributed by atoms with E-state index < -0.39 is 4.92 Å². The van der Waals surface area contributed by atoms with Gasteiger partial charge in [0.2, 0.25) is 11.0 Å². The first kappa shape index (κ1) is 11.3. The topological polar surface area (TPSA) is 124 Å². The molecule has 0 atom stereocenters. The highest BCUT2D eigenvalue weighted by Crippen LogP contribution is 2.27. The number of pyridine rings is 1. The molecule has 88 valence electrons. The molecule has 0 unspecified atom stereocenters. The van der Waals surface area contributed by atoms with E-state index in [1.807, 2.05) is 0 Å². The van der Waals surface area contributed by atoms with Gasteiger partial charge in [-0.05, 0) is 24.8 Å². The van der Waals surface area contributed by atoms with Gasteiger partial charge >= 0.3 is 5.69 Å². The molecule has 2 heterocycles. The van der Waals surface area contributed by atoms with E-state index in [0.717, 1.165) is 0 Å². The van der Waals surface area contributed by atoms with E-state index in [1.54, 1.807) is 6.92 Å². The average Bonchev–Trinajstić information content (AvgIpc) is 2.63. The lowest BCUT2D eigenvalue weighted by atomic mass is 10.4. The van der Waals surface area contributed by atoms with Crippen LogP contribution in [-0.4, -0.2) is 25.1 Å². The number of hydrogen-bond acceptors (Lipinski definition) is 7. The number of nitrogen functional groups attached to an aromatic ring is 1. The first-order valence-corrected chi connectivity index (χ1v) is 5.35. The second-order valence-corrected chi connectivity index (χ2v) is 4.10. The lowest BCUT2D eigenvalue weighted by Crippen LogP contribution is -1.98. The molecule has 0 aliphatic rings. The summed E-state index contributed by atoms with van der Waals surface area (Å²) in [5, 5.41) is 18.1. The number of nitrogens with one attached hydrogen (secondary N) is 1. The van der Waals surface area contributed by atoms with Crippen molar-refractivity contribution in [1.29, 1.82) is 0 Å². The van der Waals surface area contributed by atoms with E-state index in [0.29, 0.717) is 16.0 Å². The molecule has 0 fully saturated rings. The first-order chi connectivity index (χ1) is 8.06. The number of aryl methyl sites for hydroxylation is 1. The minimum absolute atomic E-state index is 0.118. The summed E-state index contributed by atoms with van der Waals surface area (Å²) in [6.45, 7) is 1.77. The zero-order valence-corrected chi connectivity index (χ0v) is 9.56. The molecule has 0 aliphatic carbocycles. The number of aromatic nitrogens is 4. The molecule has 0 saturated heterocycles. The molecule has 0 bridgehead atoms. The van der Waals surface area contributed by atoms with Crippen LogP contribution in [0.3, 0.4) is 0 Å². The smallest absolute Gasteiger partial charge is 0.311 e. The molecule has 0 aliphatic heterocycles. The first-order valence-electron chi connectivity index (χ1n) is 4.54. The van der Waals surface area contributed by atoms with Crippen LogP contribution in [0.1, 0.15) is 5.82 Å². The monoisotopic (exact) mass is 252 g/mol. The maximum atomic E-state index is 10.5. The van der Waals surface area contributed by atoms with Gasteiger partial charge < -0.3 is 5.73 Å². The fourth-order valence-electron chi connectivity index (χ4n) is 1.12. The van der Waals surface area contributed by atoms with Crippen LogP contribution in [0.25, 0.3) is 0 Å². The highest BCUT2D eigenvalue weighted by atomic mass is 32.2. The van der Waals surface area contributed by atoms with Crippen LogP contribution in [-0.2, 0) is 0 Å². The molecule has 0 radical (unpaired) electrons. The number of aromatic amines is 1. The van der Waals surface area contributed by atoms with E-state index in [1.165, 1.54) is 23.9 Å². The van der Waals surface area contributed by atoms with Crippen molar-refractivity contribution in [3.05, 3.63) is 28.1 Å². The van der Waals surface area contributed by atoms with Gasteiger partial charge in [-0.1, -0.05) is 0 Å². The van der Waals surface area contributed by atoms with Gasteiger partial charge in [0, 0.05) is 6.07 Å². The summed E-state index contributed by atoms with van der Waals surface area (Å²) in [6.07, 6.45) is 0. The SMILES string of the molecule is Cc1nc(Sc2ccc([N+](=O)[O-])c(N)n2)n[nH]1. The predicted molar refractivity (Wildman–Crippen MR) is 60.5 cm³/mol. The van der Waals surface area contributed by atoms with Crippen LogP contribution in [0, 0.1) is 17.0 Å². The highest BCUT2D eigenvalue weighted by molar-refractivity contribution is 7.99. The molecule has 3 N–H and O–H groups in total. The molecular formula is C8H8N6O2S. The minimum atomic E-state index is -0.576. The Balaban J connectivity index is 2.23. The van der Waals surface area contributed by atoms with E-state index in [-0.39, 0.29) is 11.5 Å². The Morgan fingerprint density at radius 2 is 2.24 bits per heavy atom. The Hall–Kier alpha value is -2.16. The number of hydrogen-bond donors (Lipinski definition) is 2. The Labute approximate surface area is 99.8 Å². The third-order valence-electron chi connectivity index (χ3n) is 1.85. The van der Waals surface area contributed by atoms with Gasteiger partial charge in [0.15, 0.2) is 0 Å². The van der Waals surface area contributed by atoms with E-state index >= 15 is 0 Å². The Bertz CT molecular complexity index is 569. The molecule has 0 spiro atoms. The zero-order valence-electron chi connectivity index (χ0n) is 8.75. The maximum absolute atomic E-state index is 10.5. The summed E-state index contributed by atoms with van der Waals surface area (Å²) in [6, 6.07) is 2.81. The van der Waals surface area contributed by atoms with Crippen molar-refractivity contribution in [2.45, 2.75) is 17.1 Å². The van der Waals surface area contributed by atoms with Gasteiger partial charge in [-0.25, -0.2) is 9.97 Å². The quantitative estimate of drug-likeness (QED) is 0.620. The van der Waals surface area contributed by atoms with Gasteiger partial charge in [0.1, 0.15) is 10.9 Å². The van der Waals surface area contributed by atoms with Crippen LogP contribution in [0.2, 0.25) is 0 Å². The van der Waals surface area contributed by atoms with Crippen molar-refractivity contribution < 1.29 is 4.92 Å². The second-order valence-electron chi connectivity index (χ2n) is 3.12. The van der Waals surface area contributed by atoms with Crippen LogP contribution in [0.4, 0.5) is 11.5 Å². The molecule has 17 heavy (non-hydrogen) atoms. The third kappa shape index (κ3) is 2.50. The number of nitrogens with two attached hydrogens (primary N) is 1. The van der Waals surface area contributed by atoms with Crippen LogP contribution in [0.5, 0.6) is 0 Å². The average molecular weight is 252 g/mol. The van der Waals surface area contributed by atoms with Gasteiger partial charge in [-0.2, -0.15) is 0 Å². The van der Waals surface area contributed by atoms with Gasteiger partial charge in [0.25, 0.3) is 0 Å². The van der Waals surface area contributed by atoms with Crippen molar-refractivity contribution in [3.8, 4) is 0 Å². The molecular weight excluding hydrogens is 244 g/mol. The molecule has 2 aromatic heterocycles. The molecule has 8 nitrogen and oxygen atoms in total. The number of rotatable bonds is 3. The van der Waals surface area contributed by atoms with Gasteiger partial charge in [-0.15, -0.1) is 5.10 Å². The zero-order chi connectivity index (χ0) is 12.4. The summed E-state index contributed by atoms with van der Waals surface area (Å²) in [5.41, 5.74) is 5.26. The number of H-pyrrole nitrogens is 1. The van der Waals surface area contributed by atoms with Crippen molar-refractivity contribution in [2.75, 3.05) is 5.73 Å². The van der Waals surface area contributed by atoms with Gasteiger partial charge in [0.05, 0.1) is 4.92 Å². The summed E-state index contributed by atoms with van der Waals surface area (Å²) >= 11 is 1.18. The summed E-state index contributed by atoms with van der Waals surface area (Å²) < 4.78 is 0. The Morgan fingerprint density at radius 3 is 2.76 bits per heavy atom. The Kier molecular flexibility index (Phi) is 2.91. The van der Waals surface area contributed by atoms with Crippen LogP contribution < -0.4 is 5.73 Å². The normalized spacial score (nSPS) is 10.4. The lowest BCUT2D eigenvalue weighted by molar-refractivity contribution is -0.384. The summed E-state index contributed by atoms with van der Waals surface area (Å²) in [4.78, 5) is 17.9. The predicted octanol–water partition coefficient (Wildman–Crippen LogP) is 1.15.